The van der Waals surface area contributed by atoms with Gasteiger partial charge >= 0.3 is 0 Å². The van der Waals surface area contributed by atoms with Crippen molar-refractivity contribution in [1.82, 2.24) is 39.0 Å². The third kappa shape index (κ3) is 4.32. The smallest absolute Gasteiger partial charge is 0.164 e. The Labute approximate surface area is 218 Å². The topological polar surface area (TPSA) is 106 Å². The normalized spacial score (nSPS) is 11.5. The van der Waals surface area contributed by atoms with Gasteiger partial charge in [0.05, 0.1) is 26.9 Å². The molecular formula is C28H24N8O2. The van der Waals surface area contributed by atoms with E-state index in [-0.39, 0.29) is 0 Å². The van der Waals surface area contributed by atoms with Gasteiger partial charge in [0.15, 0.2) is 11.3 Å². The fourth-order valence-electron chi connectivity index (χ4n) is 4.33. The molecule has 0 aliphatic heterocycles. The molecule has 0 bridgehead atoms. The first-order valence-electron chi connectivity index (χ1n) is 12.0. The Morgan fingerprint density at radius 2 is 1.00 bits per heavy atom. The molecular weight excluding hydrogens is 480 g/mol. The average molecular weight is 505 g/mol. The van der Waals surface area contributed by atoms with Crippen molar-refractivity contribution in [2.24, 2.45) is 0 Å². The Kier molecular flexibility index (Phi) is 6.19. The molecule has 4 heterocycles. The molecule has 10 heteroatoms. The van der Waals surface area contributed by atoms with Crippen LogP contribution in [0.4, 0.5) is 0 Å². The molecule has 0 atom stereocenters. The van der Waals surface area contributed by atoms with Crippen LogP contribution in [0, 0.1) is 0 Å². The van der Waals surface area contributed by atoms with Crippen LogP contribution in [0.2, 0.25) is 0 Å². The van der Waals surface area contributed by atoms with E-state index in [2.05, 4.69) is 42.1 Å². The second-order valence-electron chi connectivity index (χ2n) is 8.51. The number of benzene rings is 2. The van der Waals surface area contributed by atoms with Gasteiger partial charge in [-0.05, 0) is 48.5 Å². The van der Waals surface area contributed by atoms with Gasteiger partial charge < -0.3 is 18.6 Å². The van der Waals surface area contributed by atoms with Crippen LogP contribution in [0.5, 0.6) is 11.5 Å². The number of rotatable bonds is 8. The summed E-state index contributed by atoms with van der Waals surface area (Å²) in [7, 11) is 3.30. The number of ether oxygens (including phenoxy) is 2. The van der Waals surface area contributed by atoms with Crippen molar-refractivity contribution in [3.8, 4) is 34.0 Å². The first kappa shape index (κ1) is 23.3. The number of methoxy groups -OCH3 is 2. The highest BCUT2D eigenvalue weighted by Crippen LogP contribution is 2.27. The fraction of sp³-hybridized carbons (Fsp3) is 0.143. The van der Waals surface area contributed by atoms with Crippen LogP contribution in [0.3, 0.4) is 0 Å². The van der Waals surface area contributed by atoms with Crippen LogP contribution < -0.4 is 9.47 Å². The first-order valence-corrected chi connectivity index (χ1v) is 12.0. The Balaban J connectivity index is 1.19. The number of hydrogen-bond donors (Lipinski definition) is 0. The third-order valence-corrected chi connectivity index (χ3v) is 6.30. The Bertz CT molecular complexity index is 1610. The van der Waals surface area contributed by atoms with E-state index in [4.69, 9.17) is 9.47 Å². The van der Waals surface area contributed by atoms with Gasteiger partial charge in [-0.2, -0.15) is 0 Å². The van der Waals surface area contributed by atoms with Gasteiger partial charge in [0.2, 0.25) is 0 Å². The number of imidazole rings is 2. The van der Waals surface area contributed by atoms with Crippen LogP contribution in [0.15, 0.2) is 86.0 Å². The van der Waals surface area contributed by atoms with Gasteiger partial charge in [0.1, 0.15) is 46.6 Å². The van der Waals surface area contributed by atoms with Crippen molar-refractivity contribution < 1.29 is 9.47 Å². The molecule has 188 valence electrons. The largest absolute Gasteiger partial charge is 0.497 e. The SMILES string of the molecule is COc1ccc(-c2ncnc3c2ncn3C/C=C/Cn2cnc3c(-c4ccc(OC)cc4)ncnc32)cc1. The van der Waals surface area contributed by atoms with Crippen molar-refractivity contribution in [1.29, 1.82) is 0 Å². The van der Waals surface area contributed by atoms with E-state index >= 15 is 0 Å². The van der Waals surface area contributed by atoms with Gasteiger partial charge in [-0.25, -0.2) is 29.9 Å². The van der Waals surface area contributed by atoms with Gasteiger partial charge in [-0.15, -0.1) is 0 Å². The van der Waals surface area contributed by atoms with Crippen LogP contribution in [0.25, 0.3) is 44.8 Å². The number of nitrogens with zero attached hydrogens (tertiary/aromatic N) is 8. The summed E-state index contributed by atoms with van der Waals surface area (Å²) in [6.45, 7) is 1.24. The number of aromatic nitrogens is 8. The highest BCUT2D eigenvalue weighted by Gasteiger charge is 2.13. The lowest BCUT2D eigenvalue weighted by Crippen LogP contribution is -1.98. The van der Waals surface area contributed by atoms with Gasteiger partial charge in [-0.1, -0.05) is 12.2 Å². The van der Waals surface area contributed by atoms with Crippen molar-refractivity contribution >= 4 is 22.3 Å². The van der Waals surface area contributed by atoms with Crippen LogP contribution in [0.1, 0.15) is 0 Å². The molecule has 0 unspecified atom stereocenters. The van der Waals surface area contributed by atoms with E-state index in [9.17, 15) is 0 Å². The lowest BCUT2D eigenvalue weighted by Gasteiger charge is -2.05. The third-order valence-electron chi connectivity index (χ3n) is 6.30. The molecule has 6 rings (SSSR count). The van der Waals surface area contributed by atoms with Crippen molar-refractivity contribution in [2.45, 2.75) is 13.1 Å². The summed E-state index contributed by atoms with van der Waals surface area (Å²) in [5, 5.41) is 0. The second-order valence-corrected chi connectivity index (χ2v) is 8.51. The van der Waals surface area contributed by atoms with Gasteiger partial charge in [-0.3, -0.25) is 0 Å². The molecule has 0 spiro atoms. The lowest BCUT2D eigenvalue weighted by atomic mass is 10.1. The Morgan fingerprint density at radius 3 is 1.39 bits per heavy atom. The maximum absolute atomic E-state index is 5.26. The molecule has 38 heavy (non-hydrogen) atoms. The van der Waals surface area contributed by atoms with Crippen molar-refractivity contribution in [3.63, 3.8) is 0 Å². The molecule has 0 radical (unpaired) electrons. The summed E-state index contributed by atoms with van der Waals surface area (Å²) in [5.74, 6) is 1.59. The molecule has 0 saturated heterocycles. The van der Waals surface area contributed by atoms with E-state index < -0.39 is 0 Å². The number of hydrogen-bond acceptors (Lipinski definition) is 8. The zero-order valence-corrected chi connectivity index (χ0v) is 20.9. The minimum Gasteiger partial charge on any atom is -0.497 e. The van der Waals surface area contributed by atoms with Gasteiger partial charge in [0.25, 0.3) is 0 Å². The van der Waals surface area contributed by atoms with E-state index in [1.54, 1.807) is 39.5 Å². The predicted molar refractivity (Wildman–Crippen MR) is 144 cm³/mol. The minimum atomic E-state index is 0.619. The number of allylic oxidation sites excluding steroid dienone is 2. The molecule has 0 aliphatic rings. The fourth-order valence-corrected chi connectivity index (χ4v) is 4.33. The monoisotopic (exact) mass is 504 g/mol. The zero-order chi connectivity index (χ0) is 25.9. The molecule has 0 fully saturated rings. The summed E-state index contributed by atoms with van der Waals surface area (Å²) in [6, 6.07) is 15.5. The van der Waals surface area contributed by atoms with E-state index in [0.29, 0.717) is 13.1 Å². The maximum Gasteiger partial charge on any atom is 0.164 e. The number of fused-ring (bicyclic) bond motifs is 2. The van der Waals surface area contributed by atoms with Crippen LogP contribution in [-0.2, 0) is 13.1 Å². The minimum absolute atomic E-state index is 0.619. The molecule has 2 aromatic carbocycles. The summed E-state index contributed by atoms with van der Waals surface area (Å²) >= 11 is 0. The Hall–Kier alpha value is -5.12. The quantitative estimate of drug-likeness (QED) is 0.278. The van der Waals surface area contributed by atoms with E-state index in [0.717, 1.165) is 56.3 Å². The summed E-state index contributed by atoms with van der Waals surface area (Å²) in [6.07, 6.45) is 10.9. The molecule has 6 aromatic rings. The van der Waals surface area contributed by atoms with Crippen molar-refractivity contribution in [2.75, 3.05) is 14.2 Å². The van der Waals surface area contributed by atoms with Gasteiger partial charge in [0, 0.05) is 24.2 Å². The lowest BCUT2D eigenvalue weighted by molar-refractivity contribution is 0.415. The standard InChI is InChI=1S/C28H24N8O2/c1-37-21-9-5-19(6-10-21)23-25-27(31-15-29-23)35(17-33-25)13-3-4-14-36-18-34-26-24(30-16-32-28(26)36)20-7-11-22(38-2)12-8-20/h3-12,15-18H,13-14H2,1-2H3/b4-3+. The van der Waals surface area contributed by atoms with Crippen LogP contribution >= 0.6 is 0 Å². The second kappa shape index (κ2) is 10.1. The van der Waals surface area contributed by atoms with Crippen LogP contribution in [-0.4, -0.2) is 53.3 Å². The maximum atomic E-state index is 5.26. The Morgan fingerprint density at radius 1 is 0.579 bits per heavy atom. The molecule has 0 saturated carbocycles. The molecule has 0 aliphatic carbocycles. The highest BCUT2D eigenvalue weighted by atomic mass is 16.5. The molecule has 4 aromatic heterocycles. The summed E-state index contributed by atoms with van der Waals surface area (Å²) in [4.78, 5) is 27.1. The van der Waals surface area contributed by atoms with E-state index in [1.165, 1.54) is 0 Å². The zero-order valence-electron chi connectivity index (χ0n) is 20.9. The predicted octanol–water partition coefficient (Wildman–Crippen LogP) is 4.57. The first-order chi connectivity index (χ1) is 18.7. The molecule has 0 amide bonds. The summed E-state index contributed by atoms with van der Waals surface area (Å²) < 4.78 is 14.5. The molecule has 10 nitrogen and oxygen atoms in total. The van der Waals surface area contributed by atoms with Crippen molar-refractivity contribution in [3.05, 3.63) is 86.0 Å². The molecule has 0 N–H and O–H groups in total. The summed E-state index contributed by atoms with van der Waals surface area (Å²) in [5.41, 5.74) is 6.57. The van der Waals surface area contributed by atoms with E-state index in [1.807, 2.05) is 57.7 Å². The highest BCUT2D eigenvalue weighted by molar-refractivity contribution is 5.88. The average Bonchev–Trinajstić information content (AvgIpc) is 3.59.